The van der Waals surface area contributed by atoms with Gasteiger partial charge in [-0.05, 0) is 18.9 Å². The van der Waals surface area contributed by atoms with Crippen LogP contribution in [0.3, 0.4) is 0 Å². The van der Waals surface area contributed by atoms with Crippen molar-refractivity contribution in [1.29, 1.82) is 5.26 Å². The Bertz CT molecular complexity index is 943. The molecule has 0 unspecified atom stereocenters. The summed E-state index contributed by atoms with van der Waals surface area (Å²) in [4.78, 5) is 13.1. The SMILES string of the molecule is COc1cc(OC)c([C@@H]2C(C#N)=C(N)N(N(C)C)C3=C2C(=O)CCC3)cc1OC. The number of hydrogen-bond donors (Lipinski definition) is 1. The molecule has 0 saturated heterocycles. The number of rotatable bonds is 5. The highest BCUT2D eigenvalue weighted by Crippen LogP contribution is 2.49. The average molecular weight is 398 g/mol. The van der Waals surface area contributed by atoms with E-state index in [1.165, 1.54) is 21.3 Å². The molecule has 0 bridgehead atoms. The zero-order valence-corrected chi connectivity index (χ0v) is 17.4. The van der Waals surface area contributed by atoms with Crippen molar-refractivity contribution in [3.8, 4) is 23.3 Å². The molecule has 29 heavy (non-hydrogen) atoms. The van der Waals surface area contributed by atoms with E-state index in [9.17, 15) is 10.1 Å². The monoisotopic (exact) mass is 398 g/mol. The third-order valence-corrected chi connectivity index (χ3v) is 5.33. The smallest absolute Gasteiger partial charge is 0.164 e. The Hall–Kier alpha value is -3.18. The summed E-state index contributed by atoms with van der Waals surface area (Å²) in [6.07, 6.45) is 1.88. The highest BCUT2D eigenvalue weighted by atomic mass is 16.5. The molecule has 0 spiro atoms. The number of Topliss-reactive ketones (excluding diaryl/α,β-unsaturated/α-hetero) is 1. The topological polar surface area (TPSA) is 101 Å². The molecule has 0 saturated carbocycles. The van der Waals surface area contributed by atoms with E-state index >= 15 is 0 Å². The highest BCUT2D eigenvalue weighted by Gasteiger charge is 2.42. The standard InChI is InChI=1S/C21H26N4O4/c1-24(2)25-14-7-6-8-15(26)20(14)19(13(11-22)21(25)23)12-9-17(28-4)18(29-5)10-16(12)27-3/h9-10,19H,6-8,23H2,1-5H3/t19-/m1/s1. The van der Waals surface area contributed by atoms with Crippen LogP contribution in [-0.2, 0) is 4.79 Å². The maximum atomic E-state index is 13.1. The van der Waals surface area contributed by atoms with Gasteiger partial charge in [-0.3, -0.25) is 9.80 Å². The van der Waals surface area contributed by atoms with Gasteiger partial charge in [0, 0.05) is 43.4 Å². The normalized spacial score (nSPS) is 19.3. The Morgan fingerprint density at radius 2 is 1.72 bits per heavy atom. The Balaban J connectivity index is 2.34. The number of nitrogens with zero attached hydrogens (tertiary/aromatic N) is 3. The fourth-order valence-corrected chi connectivity index (χ4v) is 4.11. The highest BCUT2D eigenvalue weighted by molar-refractivity contribution is 6.00. The summed E-state index contributed by atoms with van der Waals surface area (Å²) in [5.41, 5.74) is 8.79. The van der Waals surface area contributed by atoms with E-state index < -0.39 is 5.92 Å². The van der Waals surface area contributed by atoms with Crippen molar-refractivity contribution in [1.82, 2.24) is 10.0 Å². The Morgan fingerprint density at radius 3 is 2.28 bits per heavy atom. The maximum Gasteiger partial charge on any atom is 0.164 e. The van der Waals surface area contributed by atoms with Crippen LogP contribution in [0.25, 0.3) is 0 Å². The van der Waals surface area contributed by atoms with Crippen molar-refractivity contribution in [2.45, 2.75) is 25.2 Å². The van der Waals surface area contributed by atoms with E-state index in [0.29, 0.717) is 52.6 Å². The summed E-state index contributed by atoms with van der Waals surface area (Å²) in [6, 6.07) is 5.68. The number of ketones is 1. The van der Waals surface area contributed by atoms with E-state index in [-0.39, 0.29) is 5.78 Å². The first kappa shape index (κ1) is 20.6. The number of carbonyl (C=O) groups is 1. The number of hydrazine groups is 1. The number of ether oxygens (including phenoxy) is 3. The number of methoxy groups -OCH3 is 3. The second-order valence-electron chi connectivity index (χ2n) is 7.09. The number of benzene rings is 1. The number of nitriles is 1. The van der Waals surface area contributed by atoms with E-state index in [2.05, 4.69) is 6.07 Å². The average Bonchev–Trinajstić information content (AvgIpc) is 2.71. The fraction of sp³-hybridized carbons (Fsp3) is 0.429. The molecule has 0 radical (unpaired) electrons. The largest absolute Gasteiger partial charge is 0.496 e. The number of hydrogen-bond acceptors (Lipinski definition) is 8. The van der Waals surface area contributed by atoms with Crippen LogP contribution in [0.2, 0.25) is 0 Å². The van der Waals surface area contributed by atoms with Crippen molar-refractivity contribution in [3.63, 3.8) is 0 Å². The van der Waals surface area contributed by atoms with Crippen LogP contribution in [0, 0.1) is 11.3 Å². The molecular formula is C21H26N4O4. The molecule has 1 aliphatic heterocycles. The number of allylic oxidation sites excluding steroid dienone is 3. The molecule has 1 aliphatic carbocycles. The Morgan fingerprint density at radius 1 is 1.10 bits per heavy atom. The van der Waals surface area contributed by atoms with Crippen LogP contribution >= 0.6 is 0 Å². The predicted octanol–water partition coefficient (Wildman–Crippen LogP) is 2.29. The van der Waals surface area contributed by atoms with Crippen molar-refractivity contribution in [2.75, 3.05) is 35.4 Å². The molecule has 2 aliphatic rings. The quantitative estimate of drug-likeness (QED) is 0.806. The predicted molar refractivity (Wildman–Crippen MR) is 107 cm³/mol. The molecule has 1 heterocycles. The summed E-state index contributed by atoms with van der Waals surface area (Å²) >= 11 is 0. The molecule has 0 amide bonds. The summed E-state index contributed by atoms with van der Waals surface area (Å²) < 4.78 is 16.4. The third-order valence-electron chi connectivity index (χ3n) is 5.33. The molecular weight excluding hydrogens is 372 g/mol. The van der Waals surface area contributed by atoms with E-state index in [0.717, 1.165) is 12.1 Å². The molecule has 1 aromatic carbocycles. The first-order chi connectivity index (χ1) is 13.9. The van der Waals surface area contributed by atoms with Crippen molar-refractivity contribution >= 4 is 5.78 Å². The van der Waals surface area contributed by atoms with Gasteiger partial charge < -0.3 is 19.9 Å². The summed E-state index contributed by atoms with van der Waals surface area (Å²) in [5.74, 6) is 1.18. The lowest BCUT2D eigenvalue weighted by molar-refractivity contribution is -0.116. The summed E-state index contributed by atoms with van der Waals surface area (Å²) in [6.45, 7) is 0. The van der Waals surface area contributed by atoms with Gasteiger partial charge in [0.2, 0.25) is 0 Å². The molecule has 3 rings (SSSR count). The van der Waals surface area contributed by atoms with Crippen molar-refractivity contribution in [3.05, 3.63) is 40.4 Å². The van der Waals surface area contributed by atoms with E-state index in [4.69, 9.17) is 19.9 Å². The summed E-state index contributed by atoms with van der Waals surface area (Å²) in [5, 5.41) is 13.5. The molecule has 0 fully saturated rings. The maximum absolute atomic E-state index is 13.1. The molecule has 2 N–H and O–H groups in total. The minimum atomic E-state index is -0.631. The van der Waals surface area contributed by atoms with Crippen LogP contribution in [0.1, 0.15) is 30.7 Å². The third kappa shape index (κ3) is 3.28. The molecule has 1 aromatic rings. The zero-order chi connectivity index (χ0) is 21.3. The van der Waals surface area contributed by atoms with Gasteiger partial charge in [-0.1, -0.05) is 0 Å². The van der Waals surface area contributed by atoms with Gasteiger partial charge in [-0.2, -0.15) is 5.26 Å². The van der Waals surface area contributed by atoms with Crippen LogP contribution in [-0.4, -0.2) is 51.2 Å². The van der Waals surface area contributed by atoms with Crippen molar-refractivity contribution in [2.24, 2.45) is 5.73 Å². The van der Waals surface area contributed by atoms with Crippen LogP contribution in [0.5, 0.6) is 17.2 Å². The first-order valence-electron chi connectivity index (χ1n) is 9.32. The second-order valence-corrected chi connectivity index (χ2v) is 7.09. The van der Waals surface area contributed by atoms with E-state index in [1.807, 2.05) is 14.1 Å². The minimum absolute atomic E-state index is 0.0141. The summed E-state index contributed by atoms with van der Waals surface area (Å²) in [7, 11) is 8.29. The van der Waals surface area contributed by atoms with Gasteiger partial charge in [0.1, 0.15) is 11.6 Å². The molecule has 8 heteroatoms. The van der Waals surface area contributed by atoms with Gasteiger partial charge in [0.05, 0.1) is 38.9 Å². The Kier molecular flexibility index (Phi) is 5.71. The molecule has 8 nitrogen and oxygen atoms in total. The van der Waals surface area contributed by atoms with Gasteiger partial charge in [0.25, 0.3) is 0 Å². The van der Waals surface area contributed by atoms with Gasteiger partial charge in [0.15, 0.2) is 17.3 Å². The lowest BCUT2D eigenvalue weighted by atomic mass is 9.75. The van der Waals surface area contributed by atoms with Crippen molar-refractivity contribution < 1.29 is 19.0 Å². The zero-order valence-electron chi connectivity index (χ0n) is 17.4. The minimum Gasteiger partial charge on any atom is -0.496 e. The fourth-order valence-electron chi connectivity index (χ4n) is 4.11. The molecule has 1 atom stereocenters. The lowest BCUT2D eigenvalue weighted by Crippen LogP contribution is -2.45. The van der Waals surface area contributed by atoms with Crippen LogP contribution in [0.15, 0.2) is 34.8 Å². The Labute approximate surface area is 170 Å². The number of carbonyl (C=O) groups excluding carboxylic acids is 1. The molecule has 154 valence electrons. The number of nitrogens with two attached hydrogens (primary N) is 1. The van der Waals surface area contributed by atoms with Gasteiger partial charge in [-0.15, -0.1) is 0 Å². The van der Waals surface area contributed by atoms with Gasteiger partial charge >= 0.3 is 0 Å². The van der Waals surface area contributed by atoms with E-state index in [1.54, 1.807) is 22.2 Å². The van der Waals surface area contributed by atoms with Crippen LogP contribution in [0.4, 0.5) is 0 Å². The molecule has 0 aromatic heterocycles. The lowest BCUT2D eigenvalue weighted by Gasteiger charge is -2.42. The first-order valence-corrected chi connectivity index (χ1v) is 9.32. The van der Waals surface area contributed by atoms with Crippen LogP contribution < -0.4 is 19.9 Å². The van der Waals surface area contributed by atoms with Gasteiger partial charge in [-0.25, -0.2) is 5.01 Å². The second kappa shape index (κ2) is 8.05.